The van der Waals surface area contributed by atoms with Crippen molar-refractivity contribution in [3.8, 4) is 11.6 Å². The quantitative estimate of drug-likeness (QED) is 0.620. The molecule has 1 saturated heterocycles. The van der Waals surface area contributed by atoms with Gasteiger partial charge >= 0.3 is 0 Å². The maximum absolute atomic E-state index is 12.6. The zero-order valence-electron chi connectivity index (χ0n) is 16.1. The third kappa shape index (κ3) is 4.90. The van der Waals surface area contributed by atoms with Crippen molar-refractivity contribution < 1.29 is 9.53 Å². The molecule has 8 nitrogen and oxygen atoms in total. The number of nitrogens with zero attached hydrogens (tertiary/aromatic N) is 5. The van der Waals surface area contributed by atoms with Gasteiger partial charge < -0.3 is 15.0 Å². The second-order valence-electron chi connectivity index (χ2n) is 6.92. The smallest absolute Gasteiger partial charge is 0.225 e. The number of carbonyl (C=O) groups is 1. The number of carbonyl (C=O) groups excluding carboxylic acids is 1. The lowest BCUT2D eigenvalue weighted by Crippen LogP contribution is -2.44. The van der Waals surface area contributed by atoms with E-state index in [0.717, 1.165) is 31.0 Å². The standard InChI is InChI=1S/C21H24N6O2/c28-21(22-10-13-29-18-7-2-1-3-8-18)17-6-4-11-26(15-17)19-14-20(24-16-23-19)27-12-5-9-25-27/h1-3,5,7-9,12,14,16-17H,4,6,10-11,13,15H2,(H,22,28)/t17-/m0/s1. The Morgan fingerprint density at radius 1 is 1.17 bits per heavy atom. The molecule has 150 valence electrons. The van der Waals surface area contributed by atoms with Gasteiger partial charge in [-0.15, -0.1) is 0 Å². The minimum Gasteiger partial charge on any atom is -0.492 e. The molecule has 29 heavy (non-hydrogen) atoms. The van der Waals surface area contributed by atoms with Crippen LogP contribution in [-0.4, -0.2) is 51.9 Å². The van der Waals surface area contributed by atoms with Crippen molar-refractivity contribution in [3.05, 3.63) is 61.2 Å². The van der Waals surface area contributed by atoms with Crippen LogP contribution in [0, 0.1) is 5.92 Å². The van der Waals surface area contributed by atoms with Gasteiger partial charge in [0, 0.05) is 31.5 Å². The minimum absolute atomic E-state index is 0.0627. The summed E-state index contributed by atoms with van der Waals surface area (Å²) in [5.74, 6) is 2.33. The molecule has 0 spiro atoms. The second kappa shape index (κ2) is 9.18. The zero-order valence-corrected chi connectivity index (χ0v) is 16.1. The van der Waals surface area contributed by atoms with Gasteiger partial charge in [-0.25, -0.2) is 14.6 Å². The third-order valence-electron chi connectivity index (χ3n) is 4.91. The molecule has 4 rings (SSSR count). The number of rotatable bonds is 7. The largest absolute Gasteiger partial charge is 0.492 e. The van der Waals surface area contributed by atoms with E-state index in [4.69, 9.17) is 4.74 Å². The number of ether oxygens (including phenoxy) is 1. The van der Waals surface area contributed by atoms with Crippen LogP contribution in [-0.2, 0) is 4.79 Å². The Bertz CT molecular complexity index is 916. The van der Waals surface area contributed by atoms with Crippen LogP contribution in [0.3, 0.4) is 0 Å². The van der Waals surface area contributed by atoms with E-state index < -0.39 is 0 Å². The Kier molecular flexibility index (Phi) is 5.99. The van der Waals surface area contributed by atoms with E-state index in [1.54, 1.807) is 10.9 Å². The summed E-state index contributed by atoms with van der Waals surface area (Å²) in [5, 5.41) is 7.20. The van der Waals surface area contributed by atoms with Gasteiger partial charge in [-0.2, -0.15) is 5.10 Å². The Morgan fingerprint density at radius 2 is 2.03 bits per heavy atom. The van der Waals surface area contributed by atoms with Gasteiger partial charge in [-0.05, 0) is 31.0 Å². The van der Waals surface area contributed by atoms with Crippen molar-refractivity contribution >= 4 is 11.7 Å². The number of aromatic nitrogens is 4. The maximum Gasteiger partial charge on any atom is 0.225 e. The number of benzene rings is 1. The summed E-state index contributed by atoms with van der Waals surface area (Å²) in [7, 11) is 0. The number of para-hydroxylation sites is 1. The van der Waals surface area contributed by atoms with Gasteiger partial charge in [0.15, 0.2) is 5.82 Å². The summed E-state index contributed by atoms with van der Waals surface area (Å²) in [6.45, 7) is 2.45. The molecular weight excluding hydrogens is 368 g/mol. The number of anilines is 1. The molecule has 2 aromatic heterocycles. The Labute approximate surface area is 169 Å². The van der Waals surface area contributed by atoms with Crippen LogP contribution < -0.4 is 15.0 Å². The number of piperidine rings is 1. The van der Waals surface area contributed by atoms with Gasteiger partial charge in [0.05, 0.1) is 12.5 Å². The normalized spacial score (nSPS) is 16.4. The van der Waals surface area contributed by atoms with Crippen molar-refractivity contribution in [1.29, 1.82) is 0 Å². The molecule has 1 aliphatic rings. The maximum atomic E-state index is 12.6. The molecule has 0 saturated carbocycles. The Balaban J connectivity index is 1.30. The van der Waals surface area contributed by atoms with Crippen molar-refractivity contribution in [3.63, 3.8) is 0 Å². The van der Waals surface area contributed by atoms with E-state index in [9.17, 15) is 4.79 Å². The number of nitrogens with one attached hydrogen (secondary N) is 1. The number of hydrogen-bond acceptors (Lipinski definition) is 6. The molecule has 1 aliphatic heterocycles. The molecule has 0 bridgehead atoms. The first-order valence-corrected chi connectivity index (χ1v) is 9.82. The van der Waals surface area contributed by atoms with Crippen LogP contribution >= 0.6 is 0 Å². The van der Waals surface area contributed by atoms with E-state index in [0.29, 0.717) is 25.5 Å². The molecule has 1 aromatic carbocycles. The highest BCUT2D eigenvalue weighted by Gasteiger charge is 2.26. The van der Waals surface area contributed by atoms with E-state index in [2.05, 4.69) is 25.3 Å². The third-order valence-corrected chi connectivity index (χ3v) is 4.91. The summed E-state index contributed by atoms with van der Waals surface area (Å²) in [5.41, 5.74) is 0. The van der Waals surface area contributed by atoms with Crippen LogP contribution in [0.5, 0.6) is 5.75 Å². The summed E-state index contributed by atoms with van der Waals surface area (Å²) in [6, 6.07) is 13.4. The van der Waals surface area contributed by atoms with E-state index in [-0.39, 0.29) is 11.8 Å². The summed E-state index contributed by atoms with van der Waals surface area (Å²) < 4.78 is 7.33. The van der Waals surface area contributed by atoms with Crippen molar-refractivity contribution in [2.45, 2.75) is 12.8 Å². The fourth-order valence-corrected chi connectivity index (χ4v) is 3.44. The molecule has 8 heteroatoms. The van der Waals surface area contributed by atoms with Crippen LogP contribution in [0.4, 0.5) is 5.82 Å². The highest BCUT2D eigenvalue weighted by molar-refractivity contribution is 5.79. The summed E-state index contributed by atoms with van der Waals surface area (Å²) >= 11 is 0. The van der Waals surface area contributed by atoms with Gasteiger partial charge in [0.25, 0.3) is 0 Å². The zero-order chi connectivity index (χ0) is 19.9. The van der Waals surface area contributed by atoms with Crippen molar-refractivity contribution in [2.24, 2.45) is 5.92 Å². The topological polar surface area (TPSA) is 85.2 Å². The highest BCUT2D eigenvalue weighted by Crippen LogP contribution is 2.22. The monoisotopic (exact) mass is 392 g/mol. The predicted octanol–water partition coefficient (Wildman–Crippen LogP) is 2.07. The van der Waals surface area contributed by atoms with Crippen molar-refractivity contribution in [1.82, 2.24) is 25.1 Å². The number of hydrogen-bond donors (Lipinski definition) is 1. The minimum atomic E-state index is -0.0661. The Hall–Kier alpha value is -3.42. The predicted molar refractivity (Wildman–Crippen MR) is 109 cm³/mol. The molecule has 1 fully saturated rings. The fraction of sp³-hybridized carbons (Fsp3) is 0.333. The fourth-order valence-electron chi connectivity index (χ4n) is 3.44. The molecule has 3 heterocycles. The number of amides is 1. The molecule has 0 radical (unpaired) electrons. The van der Waals surface area contributed by atoms with Crippen LogP contribution in [0.25, 0.3) is 5.82 Å². The molecule has 3 aromatic rings. The summed E-state index contributed by atoms with van der Waals surface area (Å²) in [6.07, 6.45) is 6.91. The van der Waals surface area contributed by atoms with Gasteiger partial charge in [0.2, 0.25) is 5.91 Å². The molecule has 1 N–H and O–H groups in total. The van der Waals surface area contributed by atoms with Gasteiger partial charge in [-0.1, -0.05) is 18.2 Å². The second-order valence-corrected chi connectivity index (χ2v) is 6.92. The first-order valence-electron chi connectivity index (χ1n) is 9.82. The van der Waals surface area contributed by atoms with Crippen LogP contribution in [0.1, 0.15) is 12.8 Å². The van der Waals surface area contributed by atoms with Gasteiger partial charge in [-0.3, -0.25) is 4.79 Å². The van der Waals surface area contributed by atoms with Crippen molar-refractivity contribution in [2.75, 3.05) is 31.1 Å². The first-order chi connectivity index (χ1) is 14.3. The highest BCUT2D eigenvalue weighted by atomic mass is 16.5. The van der Waals surface area contributed by atoms with E-state index in [1.165, 1.54) is 6.33 Å². The molecule has 1 atom stereocenters. The van der Waals surface area contributed by atoms with Gasteiger partial charge in [0.1, 0.15) is 24.5 Å². The van der Waals surface area contributed by atoms with E-state index >= 15 is 0 Å². The Morgan fingerprint density at radius 3 is 2.86 bits per heavy atom. The van der Waals surface area contributed by atoms with E-state index in [1.807, 2.05) is 48.7 Å². The van der Waals surface area contributed by atoms with Crippen LogP contribution in [0.15, 0.2) is 61.2 Å². The lowest BCUT2D eigenvalue weighted by molar-refractivity contribution is -0.125. The molecular formula is C21H24N6O2. The molecule has 1 amide bonds. The lowest BCUT2D eigenvalue weighted by atomic mass is 9.97. The summed E-state index contributed by atoms with van der Waals surface area (Å²) in [4.78, 5) is 23.4. The average Bonchev–Trinajstić information content (AvgIpc) is 3.33. The first kappa shape index (κ1) is 18.9. The SMILES string of the molecule is O=C(NCCOc1ccccc1)[C@H]1CCCN(c2cc(-n3cccn3)ncn2)C1. The molecule has 0 aliphatic carbocycles. The molecule has 0 unspecified atom stereocenters. The average molecular weight is 392 g/mol. The van der Waals surface area contributed by atoms with Crippen LogP contribution in [0.2, 0.25) is 0 Å². The lowest BCUT2D eigenvalue weighted by Gasteiger charge is -2.32.